The number of nitrogens with one attached hydrogen (secondary N) is 1. The minimum absolute atomic E-state index is 0.195. The van der Waals surface area contributed by atoms with Gasteiger partial charge in [0, 0.05) is 25.2 Å². The number of benzene rings is 1. The Morgan fingerprint density at radius 3 is 2.75 bits per heavy atom. The number of β-amino-alcohol motifs (C(OH)–C–C–N with tert-alkyl or cyclic N) is 1. The number of hydrogen-bond donors (Lipinski definition) is 2. The van der Waals surface area contributed by atoms with Gasteiger partial charge in [0.25, 0.3) is 0 Å². The molecule has 1 aromatic rings. The molecular weight excluding hydrogens is 255 g/mol. The molecule has 0 spiro atoms. The van der Waals surface area contributed by atoms with E-state index in [1.807, 2.05) is 6.07 Å². The predicted octanol–water partition coefficient (Wildman–Crippen LogP) is 2.01. The summed E-state index contributed by atoms with van der Waals surface area (Å²) in [7, 11) is 0. The van der Waals surface area contributed by atoms with Crippen LogP contribution in [0.2, 0.25) is 0 Å². The van der Waals surface area contributed by atoms with Gasteiger partial charge in [-0.1, -0.05) is 25.1 Å². The number of rotatable bonds is 6. The predicted molar refractivity (Wildman–Crippen MR) is 79.0 cm³/mol. The number of hydrogen-bond acceptors (Lipinski definition) is 3. The maximum Gasteiger partial charge on any atom is 0.127 e. The van der Waals surface area contributed by atoms with Crippen LogP contribution in [0.5, 0.6) is 0 Å². The molecule has 0 saturated carbocycles. The van der Waals surface area contributed by atoms with Crippen molar-refractivity contribution in [1.82, 2.24) is 10.2 Å². The molecule has 0 bridgehead atoms. The van der Waals surface area contributed by atoms with Gasteiger partial charge in [0.15, 0.2) is 0 Å². The quantitative estimate of drug-likeness (QED) is 0.837. The minimum Gasteiger partial charge on any atom is -0.390 e. The van der Waals surface area contributed by atoms with Crippen LogP contribution in [0.25, 0.3) is 0 Å². The van der Waals surface area contributed by atoms with Crippen molar-refractivity contribution >= 4 is 0 Å². The van der Waals surface area contributed by atoms with Crippen LogP contribution in [0, 0.1) is 11.7 Å². The first-order valence-electron chi connectivity index (χ1n) is 7.49. The molecule has 0 radical (unpaired) electrons. The Morgan fingerprint density at radius 1 is 1.35 bits per heavy atom. The summed E-state index contributed by atoms with van der Waals surface area (Å²) < 4.78 is 13.4. The maximum atomic E-state index is 13.4. The molecular formula is C16H25FN2O. The van der Waals surface area contributed by atoms with Gasteiger partial charge in [-0.2, -0.15) is 0 Å². The van der Waals surface area contributed by atoms with E-state index in [-0.39, 0.29) is 5.82 Å². The molecule has 3 nitrogen and oxygen atoms in total. The van der Waals surface area contributed by atoms with E-state index < -0.39 is 6.10 Å². The third-order valence-electron chi connectivity index (χ3n) is 4.00. The lowest BCUT2D eigenvalue weighted by molar-refractivity contribution is 0.0906. The summed E-state index contributed by atoms with van der Waals surface area (Å²) in [5.41, 5.74) is 0.645. The van der Waals surface area contributed by atoms with Crippen LogP contribution in [-0.4, -0.2) is 42.3 Å². The fourth-order valence-electron chi connectivity index (χ4n) is 2.62. The van der Waals surface area contributed by atoms with Gasteiger partial charge in [0.1, 0.15) is 5.82 Å². The van der Waals surface area contributed by atoms with E-state index in [9.17, 15) is 9.50 Å². The van der Waals surface area contributed by atoms with Crippen LogP contribution < -0.4 is 5.32 Å². The zero-order chi connectivity index (χ0) is 14.4. The van der Waals surface area contributed by atoms with Crippen LogP contribution in [0.4, 0.5) is 4.39 Å². The molecule has 0 aliphatic carbocycles. The van der Waals surface area contributed by atoms with Crippen molar-refractivity contribution in [3.05, 3.63) is 35.6 Å². The summed E-state index contributed by atoms with van der Waals surface area (Å²) in [5, 5.41) is 13.1. The van der Waals surface area contributed by atoms with Crippen molar-refractivity contribution in [1.29, 1.82) is 0 Å². The van der Waals surface area contributed by atoms with Crippen molar-refractivity contribution in [2.45, 2.75) is 32.4 Å². The van der Waals surface area contributed by atoms with Crippen LogP contribution in [0.3, 0.4) is 0 Å². The molecule has 1 aromatic carbocycles. The van der Waals surface area contributed by atoms with Gasteiger partial charge in [0.05, 0.1) is 6.10 Å². The third kappa shape index (κ3) is 4.85. The lowest BCUT2D eigenvalue weighted by Crippen LogP contribution is -2.41. The highest BCUT2D eigenvalue weighted by Crippen LogP contribution is 2.15. The Hall–Kier alpha value is -0.970. The largest absolute Gasteiger partial charge is 0.390 e. The van der Waals surface area contributed by atoms with E-state index in [2.05, 4.69) is 17.1 Å². The second-order valence-corrected chi connectivity index (χ2v) is 5.86. The zero-order valence-corrected chi connectivity index (χ0v) is 12.2. The summed E-state index contributed by atoms with van der Waals surface area (Å²) in [4.78, 5) is 2.31. The first-order chi connectivity index (χ1) is 9.65. The number of aliphatic hydroxyl groups is 1. The summed E-state index contributed by atoms with van der Waals surface area (Å²) in [5.74, 6) is 0.613. The SMILES string of the molecule is CC1CCN(CC(O)CNCc2ccccc2F)CC1. The third-order valence-corrected chi connectivity index (χ3v) is 4.00. The highest BCUT2D eigenvalue weighted by molar-refractivity contribution is 5.16. The average Bonchev–Trinajstić information content (AvgIpc) is 2.43. The van der Waals surface area contributed by atoms with Crippen LogP contribution in [-0.2, 0) is 6.54 Å². The lowest BCUT2D eigenvalue weighted by Gasteiger charge is -2.31. The molecule has 4 heteroatoms. The van der Waals surface area contributed by atoms with Gasteiger partial charge in [-0.05, 0) is 37.9 Å². The molecule has 1 aliphatic rings. The zero-order valence-electron chi connectivity index (χ0n) is 12.2. The Labute approximate surface area is 120 Å². The van der Waals surface area contributed by atoms with E-state index in [4.69, 9.17) is 0 Å². The van der Waals surface area contributed by atoms with E-state index in [1.165, 1.54) is 18.9 Å². The second kappa shape index (κ2) is 7.72. The number of likely N-dealkylation sites (tertiary alicyclic amines) is 1. The van der Waals surface area contributed by atoms with Crippen molar-refractivity contribution in [3.63, 3.8) is 0 Å². The molecule has 0 amide bonds. The molecule has 1 fully saturated rings. The van der Waals surface area contributed by atoms with Crippen LogP contribution in [0.1, 0.15) is 25.3 Å². The van der Waals surface area contributed by atoms with E-state index in [1.54, 1.807) is 12.1 Å². The normalized spacial score (nSPS) is 19.1. The van der Waals surface area contributed by atoms with Crippen LogP contribution >= 0.6 is 0 Å². The van der Waals surface area contributed by atoms with Crippen molar-refractivity contribution < 1.29 is 9.50 Å². The van der Waals surface area contributed by atoms with E-state index in [0.717, 1.165) is 19.0 Å². The Morgan fingerprint density at radius 2 is 2.05 bits per heavy atom. The molecule has 1 aliphatic heterocycles. The van der Waals surface area contributed by atoms with E-state index in [0.29, 0.717) is 25.2 Å². The fourth-order valence-corrected chi connectivity index (χ4v) is 2.62. The summed E-state index contributed by atoms with van der Waals surface area (Å²) in [6.45, 7) is 6.10. The number of nitrogens with zero attached hydrogens (tertiary/aromatic N) is 1. The van der Waals surface area contributed by atoms with Gasteiger partial charge < -0.3 is 15.3 Å². The molecule has 112 valence electrons. The van der Waals surface area contributed by atoms with Gasteiger partial charge >= 0.3 is 0 Å². The molecule has 20 heavy (non-hydrogen) atoms. The summed E-state index contributed by atoms with van der Waals surface area (Å²) in [6, 6.07) is 6.74. The number of halogens is 1. The Bertz CT molecular complexity index is 405. The maximum absolute atomic E-state index is 13.4. The minimum atomic E-state index is -0.393. The standard InChI is InChI=1S/C16H25FN2O/c1-13-6-8-19(9-7-13)12-15(20)11-18-10-14-4-2-3-5-16(14)17/h2-5,13,15,18,20H,6-12H2,1H3. The van der Waals surface area contributed by atoms with Gasteiger partial charge in [-0.3, -0.25) is 0 Å². The van der Waals surface area contributed by atoms with Crippen molar-refractivity contribution in [2.24, 2.45) is 5.92 Å². The Balaban J connectivity index is 1.65. The molecule has 1 saturated heterocycles. The summed E-state index contributed by atoms with van der Waals surface area (Å²) >= 11 is 0. The van der Waals surface area contributed by atoms with Gasteiger partial charge in [0.2, 0.25) is 0 Å². The van der Waals surface area contributed by atoms with Gasteiger partial charge in [-0.25, -0.2) is 4.39 Å². The van der Waals surface area contributed by atoms with E-state index >= 15 is 0 Å². The second-order valence-electron chi connectivity index (χ2n) is 5.86. The smallest absolute Gasteiger partial charge is 0.127 e. The molecule has 0 aromatic heterocycles. The first-order valence-corrected chi connectivity index (χ1v) is 7.49. The average molecular weight is 280 g/mol. The van der Waals surface area contributed by atoms with Crippen LogP contribution in [0.15, 0.2) is 24.3 Å². The summed E-state index contributed by atoms with van der Waals surface area (Å²) in [6.07, 6.45) is 2.04. The lowest BCUT2D eigenvalue weighted by atomic mass is 9.99. The number of aliphatic hydroxyl groups excluding tert-OH is 1. The molecule has 1 heterocycles. The molecule has 1 atom stereocenters. The highest BCUT2D eigenvalue weighted by Gasteiger charge is 2.18. The topological polar surface area (TPSA) is 35.5 Å². The fraction of sp³-hybridized carbons (Fsp3) is 0.625. The highest BCUT2D eigenvalue weighted by atomic mass is 19.1. The first kappa shape index (κ1) is 15.4. The molecule has 1 unspecified atom stereocenters. The monoisotopic (exact) mass is 280 g/mol. The molecule has 2 N–H and O–H groups in total. The van der Waals surface area contributed by atoms with Crippen molar-refractivity contribution in [3.8, 4) is 0 Å². The van der Waals surface area contributed by atoms with Gasteiger partial charge in [-0.15, -0.1) is 0 Å². The number of piperidine rings is 1. The Kier molecular flexibility index (Phi) is 5.95. The van der Waals surface area contributed by atoms with Crippen molar-refractivity contribution in [2.75, 3.05) is 26.2 Å². The molecule has 2 rings (SSSR count).